The van der Waals surface area contributed by atoms with Gasteiger partial charge in [0.25, 0.3) is 0 Å². The predicted molar refractivity (Wildman–Crippen MR) is 133 cm³/mol. The lowest BCUT2D eigenvalue weighted by Crippen LogP contribution is -2.49. The summed E-state index contributed by atoms with van der Waals surface area (Å²) in [6.45, 7) is 5.64. The summed E-state index contributed by atoms with van der Waals surface area (Å²) >= 11 is 0. The molecule has 9 heteroatoms. The van der Waals surface area contributed by atoms with Gasteiger partial charge < -0.3 is 4.90 Å². The summed E-state index contributed by atoms with van der Waals surface area (Å²) in [5.41, 5.74) is 1.05. The summed E-state index contributed by atoms with van der Waals surface area (Å²) in [6.07, 6.45) is 7.95. The van der Waals surface area contributed by atoms with Gasteiger partial charge in [-0.15, -0.1) is 5.01 Å². The molecule has 4 aliphatic heterocycles. The molecular weight excluding hydrogens is 464 g/mol. The van der Waals surface area contributed by atoms with Crippen molar-refractivity contribution < 1.29 is 18.1 Å². The first-order valence-electron chi connectivity index (χ1n) is 13.4. The van der Waals surface area contributed by atoms with Crippen molar-refractivity contribution in [3.63, 3.8) is 0 Å². The molecule has 1 aromatic carbocycles. The van der Waals surface area contributed by atoms with E-state index in [1.165, 1.54) is 12.8 Å². The van der Waals surface area contributed by atoms with Crippen molar-refractivity contribution in [3.8, 4) is 0 Å². The van der Waals surface area contributed by atoms with Gasteiger partial charge in [0.2, 0.25) is 22.5 Å². The number of hydrogen-bond donors (Lipinski definition) is 0. The second kappa shape index (κ2) is 10.2. The lowest BCUT2D eigenvalue weighted by molar-refractivity contribution is -0.692. The first-order chi connectivity index (χ1) is 16.8. The van der Waals surface area contributed by atoms with Crippen molar-refractivity contribution in [1.82, 2.24) is 14.2 Å². The fraction of sp³-hybridized carbons (Fsp3) is 0.731. The lowest BCUT2D eigenvalue weighted by Gasteiger charge is -2.40. The normalized spacial score (nSPS) is 29.2. The van der Waals surface area contributed by atoms with Gasteiger partial charge in [0.1, 0.15) is 16.8 Å². The fourth-order valence-electron chi connectivity index (χ4n) is 6.70. The molecule has 3 unspecified atom stereocenters. The molecule has 1 aromatic rings. The van der Waals surface area contributed by atoms with E-state index >= 15 is 0 Å². The number of likely N-dealkylation sites (tertiary alicyclic amines) is 1. The maximum Gasteiger partial charge on any atom is 0.243 e. The van der Waals surface area contributed by atoms with Crippen LogP contribution in [0.5, 0.6) is 0 Å². The Labute approximate surface area is 209 Å². The number of hydrogen-bond acceptors (Lipinski definition) is 4. The number of nitrogens with zero attached hydrogens (tertiary/aromatic N) is 4. The molecule has 0 radical (unpaired) electrons. The Morgan fingerprint density at radius 2 is 1.51 bits per heavy atom. The smallest absolute Gasteiger partial charge is 0.243 e. The monoisotopic (exact) mass is 503 g/mol. The Morgan fingerprint density at radius 1 is 0.886 bits per heavy atom. The van der Waals surface area contributed by atoms with E-state index in [4.69, 9.17) is 0 Å². The third-order valence-corrected chi connectivity index (χ3v) is 10.7. The number of rotatable bonds is 4. The zero-order valence-corrected chi connectivity index (χ0v) is 21.7. The van der Waals surface area contributed by atoms with Gasteiger partial charge in [-0.1, -0.05) is 30.5 Å². The van der Waals surface area contributed by atoms with Crippen molar-refractivity contribution in [2.24, 2.45) is 17.8 Å². The molecule has 1 amide bonds. The predicted octanol–water partition coefficient (Wildman–Crippen LogP) is 3.20. The number of piperidine rings is 2. The van der Waals surface area contributed by atoms with Gasteiger partial charge in [0, 0.05) is 26.2 Å². The van der Waals surface area contributed by atoms with Crippen LogP contribution in [0.4, 0.5) is 0 Å². The van der Waals surface area contributed by atoms with Gasteiger partial charge >= 0.3 is 0 Å². The number of carbonyl (C=O) groups is 1. The van der Waals surface area contributed by atoms with Crippen LogP contribution < -0.4 is 0 Å². The summed E-state index contributed by atoms with van der Waals surface area (Å²) < 4.78 is 27.8. The molecule has 8 nitrogen and oxygen atoms in total. The fourth-order valence-corrected chi connectivity index (χ4v) is 8.17. The summed E-state index contributed by atoms with van der Waals surface area (Å²) in [5, 5.41) is 1.90. The van der Waals surface area contributed by atoms with E-state index in [9.17, 15) is 18.1 Å². The van der Waals surface area contributed by atoms with E-state index in [-0.39, 0.29) is 24.4 Å². The Bertz CT molecular complexity index is 1030. The highest BCUT2D eigenvalue weighted by molar-refractivity contribution is 7.89. The molecule has 4 heterocycles. The van der Waals surface area contributed by atoms with E-state index in [1.807, 2.05) is 29.0 Å². The number of fused-ring (bicyclic) bond motifs is 1. The molecular formula is C26H39N4O4S+. The Hall–Kier alpha value is -2.00. The minimum absolute atomic E-state index is 0.0173. The molecule has 35 heavy (non-hydrogen) atoms. The van der Waals surface area contributed by atoms with E-state index in [1.54, 1.807) is 16.4 Å². The van der Waals surface area contributed by atoms with Crippen molar-refractivity contribution in [1.29, 1.82) is 0 Å². The van der Waals surface area contributed by atoms with Crippen LogP contribution in [0.3, 0.4) is 0 Å². The molecule has 0 aromatic heterocycles. The van der Waals surface area contributed by atoms with Crippen LogP contribution in [0, 0.1) is 29.6 Å². The van der Waals surface area contributed by atoms with Gasteiger partial charge in [-0.2, -0.15) is 4.31 Å². The topological polar surface area (TPSA) is 81.0 Å². The third-order valence-electron chi connectivity index (χ3n) is 8.82. The van der Waals surface area contributed by atoms with Gasteiger partial charge in [-0.25, -0.2) is 8.42 Å². The first-order valence-corrected chi connectivity index (χ1v) is 14.9. The lowest BCUT2D eigenvalue weighted by atomic mass is 9.75. The number of benzene rings is 1. The standard InChI is InChI=1S/C26H39N4O4S/c1-20-6-8-23(9-7-20)35(33,34)28-15-10-21(11-16-28)22-12-17-29-25(18-22)24(19-30(29)32)26(31)27-13-4-2-3-5-14-27/h6-9,21-22,24-25H,2-5,10-19H2,1H3/q+1. The van der Waals surface area contributed by atoms with Gasteiger partial charge in [0.15, 0.2) is 0 Å². The Balaban J connectivity index is 1.21. The number of carbonyl (C=O) groups excluding carboxylic acids is 1. The third kappa shape index (κ3) is 4.99. The Kier molecular flexibility index (Phi) is 7.17. The molecule has 0 aliphatic carbocycles. The number of nitroso groups, excluding NO2 is 1. The van der Waals surface area contributed by atoms with Crippen molar-refractivity contribution in [2.45, 2.75) is 69.2 Å². The van der Waals surface area contributed by atoms with Crippen LogP contribution in [0.2, 0.25) is 0 Å². The van der Waals surface area contributed by atoms with Crippen molar-refractivity contribution in [2.75, 3.05) is 39.3 Å². The molecule has 4 saturated heterocycles. The molecule has 4 aliphatic rings. The zero-order chi connectivity index (χ0) is 24.6. The highest BCUT2D eigenvalue weighted by atomic mass is 32.2. The summed E-state index contributed by atoms with van der Waals surface area (Å²) in [5.74, 6) is 0.804. The van der Waals surface area contributed by atoms with E-state index in [2.05, 4.69) is 0 Å². The van der Waals surface area contributed by atoms with Crippen LogP contribution >= 0.6 is 0 Å². The second-order valence-electron chi connectivity index (χ2n) is 11.0. The van der Waals surface area contributed by atoms with Gasteiger partial charge in [0.05, 0.1) is 16.3 Å². The molecule has 192 valence electrons. The minimum Gasteiger partial charge on any atom is -0.342 e. The maximum absolute atomic E-state index is 13.4. The van der Waals surface area contributed by atoms with Crippen molar-refractivity contribution >= 4 is 15.9 Å². The van der Waals surface area contributed by atoms with E-state index < -0.39 is 10.0 Å². The molecule has 4 fully saturated rings. The highest BCUT2D eigenvalue weighted by Gasteiger charge is 2.54. The SMILES string of the molecule is Cc1ccc(S(=O)(=O)N2CCC(C3CCN4C(C3)C(C(=O)N3CCCCCC3)C[N+]4=O)CC2)cc1. The van der Waals surface area contributed by atoms with Crippen LogP contribution in [-0.4, -0.2) is 78.7 Å². The van der Waals surface area contributed by atoms with Gasteiger partial charge in [-0.05, 0) is 69.4 Å². The summed E-state index contributed by atoms with van der Waals surface area (Å²) in [6, 6.07) is 7.07. The molecule has 0 N–H and O–H groups in total. The number of aryl methyl sites for hydroxylation is 1. The Morgan fingerprint density at radius 3 is 2.17 bits per heavy atom. The van der Waals surface area contributed by atoms with Crippen LogP contribution in [-0.2, 0) is 14.8 Å². The quantitative estimate of drug-likeness (QED) is 0.590. The zero-order valence-electron chi connectivity index (χ0n) is 20.8. The van der Waals surface area contributed by atoms with Crippen molar-refractivity contribution in [3.05, 3.63) is 34.7 Å². The largest absolute Gasteiger partial charge is 0.342 e. The van der Waals surface area contributed by atoms with Crippen LogP contribution in [0.25, 0.3) is 0 Å². The second-order valence-corrected chi connectivity index (χ2v) is 12.9. The van der Waals surface area contributed by atoms with Gasteiger partial charge in [-0.3, -0.25) is 4.79 Å². The summed E-state index contributed by atoms with van der Waals surface area (Å²) in [7, 11) is -3.46. The highest BCUT2D eigenvalue weighted by Crippen LogP contribution is 2.40. The van der Waals surface area contributed by atoms with Crippen LogP contribution in [0.15, 0.2) is 29.2 Å². The first kappa shape index (κ1) is 24.7. The number of hydrazine groups is 1. The molecule has 0 bridgehead atoms. The average Bonchev–Trinajstić information content (AvgIpc) is 3.02. The molecule has 3 atom stereocenters. The van der Waals surface area contributed by atoms with Crippen LogP contribution in [0.1, 0.15) is 56.9 Å². The number of sulfonamides is 1. The van der Waals surface area contributed by atoms with E-state index in [0.717, 1.165) is 62.0 Å². The molecule has 0 saturated carbocycles. The number of amides is 1. The minimum atomic E-state index is -3.46. The summed E-state index contributed by atoms with van der Waals surface area (Å²) in [4.78, 5) is 29.5. The average molecular weight is 504 g/mol. The maximum atomic E-state index is 13.4. The van der Waals surface area contributed by atoms with E-state index in [0.29, 0.717) is 36.4 Å². The molecule has 0 spiro atoms. The molecule has 5 rings (SSSR count).